The molecule has 0 aliphatic carbocycles. The summed E-state index contributed by atoms with van der Waals surface area (Å²) >= 11 is 0. The summed E-state index contributed by atoms with van der Waals surface area (Å²) in [6.07, 6.45) is 2.56. The van der Waals surface area contributed by atoms with Crippen LogP contribution in [0.4, 0.5) is 0 Å². The van der Waals surface area contributed by atoms with E-state index in [9.17, 15) is 19.8 Å². The summed E-state index contributed by atoms with van der Waals surface area (Å²) in [5.74, 6) is -1.88. The third kappa shape index (κ3) is 5.26. The highest BCUT2D eigenvalue weighted by atomic mass is 16.3. The smallest absolute Gasteiger partial charge is 0.331 e. The van der Waals surface area contributed by atoms with Gasteiger partial charge in [0.15, 0.2) is 0 Å². The summed E-state index contributed by atoms with van der Waals surface area (Å²) in [5, 5.41) is 25.7. The molecule has 2 aromatic rings. The van der Waals surface area contributed by atoms with Gasteiger partial charge in [-0.3, -0.25) is 9.59 Å². The van der Waals surface area contributed by atoms with E-state index in [1.54, 1.807) is 24.3 Å². The highest BCUT2D eigenvalue weighted by molar-refractivity contribution is 6.35. The maximum atomic E-state index is 11.5. The van der Waals surface area contributed by atoms with E-state index in [1.165, 1.54) is 36.7 Å². The van der Waals surface area contributed by atoms with Crippen LogP contribution in [0.2, 0.25) is 0 Å². The van der Waals surface area contributed by atoms with E-state index in [0.29, 0.717) is 11.1 Å². The number of amides is 2. The van der Waals surface area contributed by atoms with Gasteiger partial charge in [-0.1, -0.05) is 24.3 Å². The molecule has 2 amide bonds. The van der Waals surface area contributed by atoms with E-state index in [2.05, 4.69) is 10.2 Å². The number of hydrogen-bond donors (Lipinski definition) is 4. The van der Waals surface area contributed by atoms with Gasteiger partial charge in [0.05, 0.1) is 12.4 Å². The number of carbonyl (C=O) groups is 2. The Kier molecular flexibility index (Phi) is 5.62. The number of nitrogens with zero attached hydrogens (tertiary/aromatic N) is 2. The molecular formula is C16H14N4O4. The lowest BCUT2D eigenvalue weighted by molar-refractivity contribution is -0.139. The molecule has 0 atom stereocenters. The molecule has 8 nitrogen and oxygen atoms in total. The summed E-state index contributed by atoms with van der Waals surface area (Å²) in [5.41, 5.74) is 5.17. The number of phenolic OH excluding ortho intramolecular Hbond substituents is 2. The third-order valence-electron chi connectivity index (χ3n) is 2.71. The Hall–Kier alpha value is -3.68. The molecule has 0 aliphatic rings. The minimum absolute atomic E-state index is 0.0595. The summed E-state index contributed by atoms with van der Waals surface area (Å²) in [6, 6.07) is 12.4. The molecule has 0 radical (unpaired) electrons. The Bertz CT molecular complexity index is 735. The lowest BCUT2D eigenvalue weighted by Crippen LogP contribution is -2.35. The fourth-order valence-electron chi connectivity index (χ4n) is 1.64. The zero-order valence-electron chi connectivity index (χ0n) is 12.4. The summed E-state index contributed by atoms with van der Waals surface area (Å²) in [7, 11) is 0. The topological polar surface area (TPSA) is 123 Å². The molecular weight excluding hydrogens is 312 g/mol. The van der Waals surface area contributed by atoms with Gasteiger partial charge in [0.2, 0.25) is 0 Å². The van der Waals surface area contributed by atoms with Crippen LogP contribution in [-0.4, -0.2) is 34.5 Å². The first-order valence-corrected chi connectivity index (χ1v) is 6.79. The highest BCUT2D eigenvalue weighted by Crippen LogP contribution is 2.09. The summed E-state index contributed by atoms with van der Waals surface area (Å²) in [6.45, 7) is 0. The van der Waals surface area contributed by atoms with E-state index in [4.69, 9.17) is 0 Å². The summed E-state index contributed by atoms with van der Waals surface area (Å²) < 4.78 is 0. The largest absolute Gasteiger partial charge is 0.508 e. The fourth-order valence-corrected chi connectivity index (χ4v) is 1.64. The molecule has 0 heterocycles. The Morgan fingerprint density at radius 2 is 1.21 bits per heavy atom. The van der Waals surface area contributed by atoms with Crippen LogP contribution in [0, 0.1) is 0 Å². The molecule has 0 fully saturated rings. The molecule has 0 saturated carbocycles. The Labute approximate surface area is 137 Å². The minimum Gasteiger partial charge on any atom is -0.508 e. The second kappa shape index (κ2) is 8.08. The van der Waals surface area contributed by atoms with Gasteiger partial charge < -0.3 is 10.2 Å². The van der Waals surface area contributed by atoms with Crippen molar-refractivity contribution < 1.29 is 19.8 Å². The molecule has 0 aliphatic heterocycles. The lowest BCUT2D eigenvalue weighted by Gasteiger charge is -1.99. The Balaban J connectivity index is 1.83. The van der Waals surface area contributed by atoms with Crippen LogP contribution < -0.4 is 10.9 Å². The SMILES string of the molecule is O=C(N/N=C\c1cccc(O)c1)C(=O)N/N=C\c1cccc(O)c1. The number of carbonyl (C=O) groups excluding carboxylic acids is 2. The number of nitrogens with one attached hydrogen (secondary N) is 2. The van der Waals surface area contributed by atoms with Crippen molar-refractivity contribution in [2.45, 2.75) is 0 Å². The molecule has 0 spiro atoms. The zero-order valence-corrected chi connectivity index (χ0v) is 12.4. The number of aromatic hydroxyl groups is 2. The van der Waals surface area contributed by atoms with Crippen LogP contribution in [0.3, 0.4) is 0 Å². The molecule has 8 heteroatoms. The van der Waals surface area contributed by atoms with Crippen molar-refractivity contribution in [2.75, 3.05) is 0 Å². The number of phenols is 2. The lowest BCUT2D eigenvalue weighted by atomic mass is 10.2. The predicted molar refractivity (Wildman–Crippen MR) is 87.7 cm³/mol. The minimum atomic E-state index is -1.00. The van der Waals surface area contributed by atoms with E-state index >= 15 is 0 Å². The van der Waals surface area contributed by atoms with Crippen molar-refractivity contribution in [3.8, 4) is 11.5 Å². The van der Waals surface area contributed by atoms with E-state index in [0.717, 1.165) is 0 Å². The quantitative estimate of drug-likeness (QED) is 0.375. The van der Waals surface area contributed by atoms with E-state index in [-0.39, 0.29) is 11.5 Å². The van der Waals surface area contributed by atoms with E-state index < -0.39 is 11.8 Å². The standard InChI is InChI=1S/C16H14N4O4/c21-13-5-1-3-11(7-13)9-17-19-15(23)16(24)20-18-10-12-4-2-6-14(22)8-12/h1-10,21-22H,(H,19,23)(H,20,24)/b17-9-,18-10-. The van der Waals surface area contributed by atoms with Crippen molar-refractivity contribution in [3.63, 3.8) is 0 Å². The average Bonchev–Trinajstić information content (AvgIpc) is 2.55. The van der Waals surface area contributed by atoms with Crippen LogP contribution >= 0.6 is 0 Å². The molecule has 0 unspecified atom stereocenters. The molecule has 0 bridgehead atoms. The van der Waals surface area contributed by atoms with Crippen molar-refractivity contribution in [1.29, 1.82) is 0 Å². The molecule has 2 aromatic carbocycles. The first kappa shape index (κ1) is 16.7. The van der Waals surface area contributed by atoms with Crippen LogP contribution in [0.25, 0.3) is 0 Å². The molecule has 122 valence electrons. The van der Waals surface area contributed by atoms with Crippen molar-refractivity contribution in [2.24, 2.45) is 10.2 Å². The van der Waals surface area contributed by atoms with Gasteiger partial charge in [-0.2, -0.15) is 10.2 Å². The maximum absolute atomic E-state index is 11.5. The van der Waals surface area contributed by atoms with Crippen molar-refractivity contribution >= 4 is 24.2 Å². The number of rotatable bonds is 4. The van der Waals surface area contributed by atoms with Crippen LogP contribution in [0.15, 0.2) is 58.7 Å². The first-order chi connectivity index (χ1) is 11.5. The molecule has 0 aromatic heterocycles. The van der Waals surface area contributed by atoms with Gasteiger partial charge >= 0.3 is 11.8 Å². The number of hydrogen-bond acceptors (Lipinski definition) is 6. The molecule has 0 saturated heterocycles. The van der Waals surface area contributed by atoms with Gasteiger partial charge in [0.1, 0.15) is 11.5 Å². The van der Waals surface area contributed by atoms with Gasteiger partial charge in [-0.15, -0.1) is 0 Å². The molecule has 2 rings (SSSR count). The summed E-state index contributed by atoms with van der Waals surface area (Å²) in [4.78, 5) is 23.0. The fraction of sp³-hybridized carbons (Fsp3) is 0. The average molecular weight is 326 g/mol. The number of benzene rings is 2. The van der Waals surface area contributed by atoms with Gasteiger partial charge in [-0.05, 0) is 35.4 Å². The van der Waals surface area contributed by atoms with Crippen LogP contribution in [0.1, 0.15) is 11.1 Å². The van der Waals surface area contributed by atoms with Crippen LogP contribution in [-0.2, 0) is 9.59 Å². The molecule has 24 heavy (non-hydrogen) atoms. The zero-order chi connectivity index (χ0) is 17.4. The van der Waals surface area contributed by atoms with Gasteiger partial charge in [-0.25, -0.2) is 10.9 Å². The third-order valence-corrected chi connectivity index (χ3v) is 2.71. The molecule has 4 N–H and O–H groups in total. The second-order valence-corrected chi connectivity index (χ2v) is 4.59. The van der Waals surface area contributed by atoms with Gasteiger partial charge in [0.25, 0.3) is 0 Å². The highest BCUT2D eigenvalue weighted by Gasteiger charge is 2.10. The Morgan fingerprint density at radius 1 is 0.792 bits per heavy atom. The predicted octanol–water partition coefficient (Wildman–Crippen LogP) is 0.698. The maximum Gasteiger partial charge on any atom is 0.331 e. The van der Waals surface area contributed by atoms with Crippen molar-refractivity contribution in [1.82, 2.24) is 10.9 Å². The second-order valence-electron chi connectivity index (χ2n) is 4.59. The van der Waals surface area contributed by atoms with Crippen LogP contribution in [0.5, 0.6) is 11.5 Å². The Morgan fingerprint density at radius 3 is 1.58 bits per heavy atom. The van der Waals surface area contributed by atoms with Gasteiger partial charge in [0, 0.05) is 0 Å². The van der Waals surface area contributed by atoms with Crippen molar-refractivity contribution in [3.05, 3.63) is 59.7 Å². The monoisotopic (exact) mass is 326 g/mol. The van der Waals surface area contributed by atoms with E-state index in [1.807, 2.05) is 10.9 Å². The normalized spacial score (nSPS) is 10.8. The number of hydrazone groups is 2. The first-order valence-electron chi connectivity index (χ1n) is 6.79.